The highest BCUT2D eigenvalue weighted by molar-refractivity contribution is 5.70. The SMILES string of the molecule is Cc1ccc([C@@H](C)n2nnc3cn[nH]c3c2=O)cc1. The summed E-state index contributed by atoms with van der Waals surface area (Å²) in [6.07, 6.45) is 1.49. The van der Waals surface area contributed by atoms with Crippen LogP contribution in [-0.2, 0) is 0 Å². The minimum Gasteiger partial charge on any atom is -0.271 e. The first-order valence-corrected chi connectivity index (χ1v) is 6.02. The van der Waals surface area contributed by atoms with Crippen LogP contribution in [0.5, 0.6) is 0 Å². The average molecular weight is 255 g/mol. The molecule has 0 spiro atoms. The molecule has 96 valence electrons. The number of nitrogens with zero attached hydrogens (tertiary/aromatic N) is 4. The predicted octanol–water partition coefficient (Wildman–Crippen LogP) is 1.43. The molecule has 0 aliphatic heterocycles. The molecule has 2 aromatic heterocycles. The summed E-state index contributed by atoms with van der Waals surface area (Å²) in [5, 5.41) is 14.4. The van der Waals surface area contributed by atoms with Crippen molar-refractivity contribution in [2.45, 2.75) is 19.9 Å². The number of hydrogen-bond acceptors (Lipinski definition) is 4. The second-order valence-corrected chi connectivity index (χ2v) is 4.56. The Hall–Kier alpha value is -2.50. The molecule has 0 aliphatic rings. The quantitative estimate of drug-likeness (QED) is 0.751. The van der Waals surface area contributed by atoms with E-state index in [4.69, 9.17) is 0 Å². The van der Waals surface area contributed by atoms with Gasteiger partial charge in [-0.25, -0.2) is 4.68 Å². The molecule has 19 heavy (non-hydrogen) atoms. The molecule has 6 heteroatoms. The van der Waals surface area contributed by atoms with Crippen molar-refractivity contribution in [1.82, 2.24) is 25.2 Å². The summed E-state index contributed by atoms with van der Waals surface area (Å²) in [6, 6.07) is 7.84. The minimum atomic E-state index is -0.212. The van der Waals surface area contributed by atoms with Crippen LogP contribution in [0, 0.1) is 6.92 Å². The maximum Gasteiger partial charge on any atom is 0.296 e. The Bertz CT molecular complexity index is 772. The molecule has 3 rings (SSSR count). The Morgan fingerprint density at radius 1 is 1.26 bits per heavy atom. The summed E-state index contributed by atoms with van der Waals surface area (Å²) >= 11 is 0. The van der Waals surface area contributed by atoms with Gasteiger partial charge in [0.1, 0.15) is 5.52 Å². The first kappa shape index (κ1) is 11.6. The van der Waals surface area contributed by atoms with Gasteiger partial charge in [-0.1, -0.05) is 35.0 Å². The number of benzene rings is 1. The second kappa shape index (κ2) is 4.31. The van der Waals surface area contributed by atoms with E-state index in [1.807, 2.05) is 38.1 Å². The third kappa shape index (κ3) is 1.91. The van der Waals surface area contributed by atoms with Crippen molar-refractivity contribution in [1.29, 1.82) is 0 Å². The van der Waals surface area contributed by atoms with Crippen molar-refractivity contribution in [3.8, 4) is 0 Å². The van der Waals surface area contributed by atoms with Gasteiger partial charge >= 0.3 is 0 Å². The Balaban J connectivity index is 2.10. The zero-order valence-corrected chi connectivity index (χ0v) is 10.7. The van der Waals surface area contributed by atoms with Gasteiger partial charge in [-0.15, -0.1) is 5.10 Å². The number of aryl methyl sites for hydroxylation is 1. The molecular formula is C13H13N5O. The molecule has 1 atom stereocenters. The standard InChI is InChI=1S/C13H13N5O/c1-8-3-5-10(6-4-8)9(2)18-13(19)12-11(15-17-18)7-14-16-12/h3-7,9H,1-2H3,(H,14,16)/t9-/m1/s1. The van der Waals surface area contributed by atoms with Crippen LogP contribution in [0.2, 0.25) is 0 Å². The van der Waals surface area contributed by atoms with Gasteiger partial charge in [0.15, 0.2) is 5.52 Å². The van der Waals surface area contributed by atoms with Crippen molar-refractivity contribution in [2.24, 2.45) is 0 Å². The lowest BCUT2D eigenvalue weighted by Crippen LogP contribution is -2.27. The van der Waals surface area contributed by atoms with Crippen molar-refractivity contribution >= 4 is 11.0 Å². The fourth-order valence-electron chi connectivity index (χ4n) is 2.00. The third-order valence-corrected chi connectivity index (χ3v) is 3.22. The summed E-state index contributed by atoms with van der Waals surface area (Å²) in [4.78, 5) is 12.3. The summed E-state index contributed by atoms with van der Waals surface area (Å²) in [5.74, 6) is 0. The normalized spacial score (nSPS) is 12.7. The number of fused-ring (bicyclic) bond motifs is 1. The third-order valence-electron chi connectivity index (χ3n) is 3.22. The summed E-state index contributed by atoms with van der Waals surface area (Å²) in [5.41, 5.74) is 2.85. The van der Waals surface area contributed by atoms with Gasteiger partial charge in [0.2, 0.25) is 0 Å². The molecule has 0 saturated heterocycles. The molecule has 0 amide bonds. The number of aromatic nitrogens is 5. The molecule has 1 aromatic carbocycles. The van der Waals surface area contributed by atoms with Gasteiger partial charge in [-0.2, -0.15) is 5.10 Å². The Morgan fingerprint density at radius 2 is 2.00 bits per heavy atom. The van der Waals surface area contributed by atoms with Gasteiger partial charge in [0, 0.05) is 0 Å². The zero-order chi connectivity index (χ0) is 13.4. The second-order valence-electron chi connectivity index (χ2n) is 4.56. The van der Waals surface area contributed by atoms with E-state index in [0.29, 0.717) is 11.0 Å². The maximum absolute atomic E-state index is 12.3. The van der Waals surface area contributed by atoms with Crippen LogP contribution in [-0.4, -0.2) is 25.2 Å². The molecular weight excluding hydrogens is 242 g/mol. The molecule has 1 N–H and O–H groups in total. The van der Waals surface area contributed by atoms with Gasteiger partial charge < -0.3 is 0 Å². The van der Waals surface area contributed by atoms with Crippen LogP contribution in [0.1, 0.15) is 24.1 Å². The smallest absolute Gasteiger partial charge is 0.271 e. The van der Waals surface area contributed by atoms with Crippen molar-refractivity contribution in [3.05, 3.63) is 51.9 Å². The fourth-order valence-corrected chi connectivity index (χ4v) is 2.00. The van der Waals surface area contributed by atoms with E-state index in [1.165, 1.54) is 16.4 Å². The largest absolute Gasteiger partial charge is 0.296 e. The van der Waals surface area contributed by atoms with E-state index in [0.717, 1.165) is 5.56 Å². The molecule has 0 unspecified atom stereocenters. The van der Waals surface area contributed by atoms with Gasteiger partial charge in [0.25, 0.3) is 5.56 Å². The molecule has 2 heterocycles. The highest BCUT2D eigenvalue weighted by Crippen LogP contribution is 2.15. The number of hydrogen-bond donors (Lipinski definition) is 1. The van der Waals surface area contributed by atoms with E-state index in [9.17, 15) is 4.79 Å². The van der Waals surface area contributed by atoms with Gasteiger partial charge in [-0.3, -0.25) is 9.89 Å². The van der Waals surface area contributed by atoms with Crippen LogP contribution in [0.15, 0.2) is 35.3 Å². The number of rotatable bonds is 2. The first-order chi connectivity index (χ1) is 9.16. The Kier molecular flexibility index (Phi) is 2.63. The Morgan fingerprint density at radius 3 is 2.74 bits per heavy atom. The molecule has 0 aliphatic carbocycles. The van der Waals surface area contributed by atoms with Crippen molar-refractivity contribution < 1.29 is 0 Å². The lowest BCUT2D eigenvalue weighted by atomic mass is 10.1. The van der Waals surface area contributed by atoms with E-state index >= 15 is 0 Å². The van der Waals surface area contributed by atoms with Crippen molar-refractivity contribution in [2.75, 3.05) is 0 Å². The Labute approximate surface area is 109 Å². The highest BCUT2D eigenvalue weighted by Gasteiger charge is 2.14. The topological polar surface area (TPSA) is 76.5 Å². The van der Waals surface area contributed by atoms with Gasteiger partial charge in [0.05, 0.1) is 12.2 Å². The van der Waals surface area contributed by atoms with E-state index < -0.39 is 0 Å². The first-order valence-electron chi connectivity index (χ1n) is 6.02. The number of nitrogens with one attached hydrogen (secondary N) is 1. The lowest BCUT2D eigenvalue weighted by molar-refractivity contribution is 0.507. The van der Waals surface area contributed by atoms with Crippen LogP contribution in [0.3, 0.4) is 0 Å². The predicted molar refractivity (Wildman–Crippen MR) is 70.9 cm³/mol. The highest BCUT2D eigenvalue weighted by atomic mass is 16.1. The average Bonchev–Trinajstić information content (AvgIpc) is 2.88. The van der Waals surface area contributed by atoms with Crippen molar-refractivity contribution in [3.63, 3.8) is 0 Å². The summed E-state index contributed by atoms with van der Waals surface area (Å²) in [6.45, 7) is 3.94. The monoisotopic (exact) mass is 255 g/mol. The lowest BCUT2D eigenvalue weighted by Gasteiger charge is -2.13. The van der Waals surface area contributed by atoms with Gasteiger partial charge in [-0.05, 0) is 19.4 Å². The van der Waals surface area contributed by atoms with Crippen LogP contribution in [0.4, 0.5) is 0 Å². The molecule has 0 fully saturated rings. The molecule has 0 bridgehead atoms. The van der Waals surface area contributed by atoms with Crippen LogP contribution in [0.25, 0.3) is 11.0 Å². The summed E-state index contributed by atoms with van der Waals surface area (Å²) in [7, 11) is 0. The van der Waals surface area contributed by atoms with E-state index in [-0.39, 0.29) is 11.6 Å². The van der Waals surface area contributed by atoms with Crippen LogP contribution >= 0.6 is 0 Å². The number of H-pyrrole nitrogens is 1. The minimum absolute atomic E-state index is 0.173. The molecule has 6 nitrogen and oxygen atoms in total. The number of aromatic amines is 1. The summed E-state index contributed by atoms with van der Waals surface area (Å²) < 4.78 is 1.37. The maximum atomic E-state index is 12.3. The molecule has 3 aromatic rings. The molecule has 0 saturated carbocycles. The molecule has 0 radical (unpaired) electrons. The van der Waals surface area contributed by atoms with E-state index in [2.05, 4.69) is 20.5 Å². The van der Waals surface area contributed by atoms with E-state index in [1.54, 1.807) is 0 Å². The zero-order valence-electron chi connectivity index (χ0n) is 10.7. The van der Waals surface area contributed by atoms with Crippen LogP contribution < -0.4 is 5.56 Å². The fraction of sp³-hybridized carbons (Fsp3) is 0.231.